The van der Waals surface area contributed by atoms with Gasteiger partial charge in [0.2, 0.25) is 5.91 Å². The van der Waals surface area contributed by atoms with E-state index in [9.17, 15) is 4.79 Å². The van der Waals surface area contributed by atoms with E-state index in [0.717, 1.165) is 37.2 Å². The predicted octanol–water partition coefficient (Wildman–Crippen LogP) is 3.88. The van der Waals surface area contributed by atoms with Gasteiger partial charge in [-0.05, 0) is 49.6 Å². The van der Waals surface area contributed by atoms with Gasteiger partial charge in [-0.2, -0.15) is 0 Å². The fourth-order valence-electron chi connectivity index (χ4n) is 3.62. The normalized spacial score (nSPS) is 15.7. The largest absolute Gasteiger partial charge is 0.497 e. The summed E-state index contributed by atoms with van der Waals surface area (Å²) in [5.74, 6) is 1.06. The molecule has 1 atom stereocenters. The number of carbonyl (C=O) groups is 1. The summed E-state index contributed by atoms with van der Waals surface area (Å²) in [5.41, 5.74) is 2.22. The first-order valence-electron chi connectivity index (χ1n) is 9.36. The number of rotatable bonds is 6. The summed E-state index contributed by atoms with van der Waals surface area (Å²) in [6.45, 7) is 2.46. The number of carbonyl (C=O) groups excluding carboxylic acids is 1. The minimum absolute atomic E-state index is 0.215. The lowest BCUT2D eigenvalue weighted by Gasteiger charge is -2.34. The first kappa shape index (κ1) is 18.5. The molecule has 0 saturated carbocycles. The van der Waals surface area contributed by atoms with Crippen LogP contribution in [-0.2, 0) is 11.3 Å². The van der Waals surface area contributed by atoms with E-state index in [1.54, 1.807) is 7.11 Å². The van der Waals surface area contributed by atoms with E-state index in [1.807, 2.05) is 42.3 Å². The summed E-state index contributed by atoms with van der Waals surface area (Å²) >= 11 is 0. The molecule has 0 N–H and O–H groups in total. The first-order valence-corrected chi connectivity index (χ1v) is 9.36. The van der Waals surface area contributed by atoms with E-state index in [1.165, 1.54) is 12.0 Å². The van der Waals surface area contributed by atoms with Crippen molar-refractivity contribution >= 4 is 5.91 Å². The molecule has 4 heteroatoms. The lowest BCUT2D eigenvalue weighted by Crippen LogP contribution is -2.43. The Morgan fingerprint density at radius 3 is 2.31 bits per heavy atom. The average molecular weight is 352 g/mol. The summed E-state index contributed by atoms with van der Waals surface area (Å²) in [5, 5.41) is 0. The topological polar surface area (TPSA) is 32.8 Å². The van der Waals surface area contributed by atoms with Crippen molar-refractivity contribution in [2.75, 3.05) is 27.2 Å². The van der Waals surface area contributed by atoms with Crippen molar-refractivity contribution in [1.29, 1.82) is 0 Å². The van der Waals surface area contributed by atoms with Gasteiger partial charge in [-0.15, -0.1) is 0 Å². The summed E-state index contributed by atoms with van der Waals surface area (Å²) in [6, 6.07) is 17.9. The summed E-state index contributed by atoms with van der Waals surface area (Å²) in [4.78, 5) is 17.5. The molecule has 4 nitrogen and oxygen atoms in total. The molecule has 1 fully saturated rings. The molecular weight excluding hydrogens is 324 g/mol. The van der Waals surface area contributed by atoms with Crippen molar-refractivity contribution in [3.8, 4) is 5.75 Å². The van der Waals surface area contributed by atoms with Crippen LogP contribution in [0, 0.1) is 0 Å². The van der Waals surface area contributed by atoms with Crippen molar-refractivity contribution in [3.05, 3.63) is 65.7 Å². The molecule has 0 bridgehead atoms. The van der Waals surface area contributed by atoms with E-state index in [0.29, 0.717) is 6.54 Å². The van der Waals surface area contributed by atoms with Gasteiger partial charge in [0.15, 0.2) is 0 Å². The van der Waals surface area contributed by atoms with Gasteiger partial charge in [0.25, 0.3) is 0 Å². The van der Waals surface area contributed by atoms with Gasteiger partial charge in [-0.25, -0.2) is 0 Å². The minimum Gasteiger partial charge on any atom is -0.497 e. The smallest absolute Gasteiger partial charge is 0.244 e. The van der Waals surface area contributed by atoms with E-state index in [2.05, 4.69) is 29.2 Å². The van der Waals surface area contributed by atoms with Gasteiger partial charge in [-0.3, -0.25) is 9.69 Å². The van der Waals surface area contributed by atoms with Crippen LogP contribution in [0.2, 0.25) is 0 Å². The number of piperidine rings is 1. The van der Waals surface area contributed by atoms with Crippen LogP contribution < -0.4 is 4.74 Å². The van der Waals surface area contributed by atoms with Gasteiger partial charge in [-0.1, -0.05) is 42.5 Å². The number of nitrogens with zero attached hydrogens (tertiary/aromatic N) is 2. The molecule has 1 aliphatic rings. The fraction of sp³-hybridized carbons (Fsp3) is 0.409. The number of methoxy groups -OCH3 is 1. The van der Waals surface area contributed by atoms with Gasteiger partial charge in [0.05, 0.1) is 7.11 Å². The summed E-state index contributed by atoms with van der Waals surface area (Å²) < 4.78 is 5.23. The minimum atomic E-state index is -0.253. The molecule has 26 heavy (non-hydrogen) atoms. The number of likely N-dealkylation sites (tertiary alicyclic amines) is 1. The van der Waals surface area contributed by atoms with Crippen LogP contribution in [0.4, 0.5) is 0 Å². The molecule has 1 heterocycles. The molecule has 0 aliphatic carbocycles. The number of likely N-dealkylation sites (N-methyl/N-ethyl adjacent to an activating group) is 1. The molecule has 3 rings (SSSR count). The molecule has 1 saturated heterocycles. The highest BCUT2D eigenvalue weighted by atomic mass is 16.5. The Balaban J connectivity index is 1.80. The van der Waals surface area contributed by atoms with E-state index >= 15 is 0 Å². The second kappa shape index (κ2) is 8.86. The second-order valence-electron chi connectivity index (χ2n) is 6.96. The van der Waals surface area contributed by atoms with E-state index in [4.69, 9.17) is 4.74 Å². The Hall–Kier alpha value is -2.33. The molecule has 1 unspecified atom stereocenters. The maximum absolute atomic E-state index is 13.3. The first-order chi connectivity index (χ1) is 12.7. The Morgan fingerprint density at radius 1 is 1.04 bits per heavy atom. The maximum Gasteiger partial charge on any atom is 0.244 e. The summed E-state index contributed by atoms with van der Waals surface area (Å²) in [7, 11) is 3.70. The van der Waals surface area contributed by atoms with Crippen LogP contribution in [0.1, 0.15) is 36.4 Å². The molecule has 1 amide bonds. The van der Waals surface area contributed by atoms with Crippen molar-refractivity contribution < 1.29 is 9.53 Å². The molecule has 138 valence electrons. The lowest BCUT2D eigenvalue weighted by molar-refractivity contribution is -0.138. The van der Waals surface area contributed by atoms with Crippen molar-refractivity contribution in [3.63, 3.8) is 0 Å². The quantitative estimate of drug-likeness (QED) is 0.791. The van der Waals surface area contributed by atoms with Gasteiger partial charge < -0.3 is 9.64 Å². The Morgan fingerprint density at radius 2 is 1.69 bits per heavy atom. The summed E-state index contributed by atoms with van der Waals surface area (Å²) in [6.07, 6.45) is 3.44. The fourth-order valence-corrected chi connectivity index (χ4v) is 3.62. The maximum atomic E-state index is 13.3. The van der Waals surface area contributed by atoms with Crippen molar-refractivity contribution in [2.24, 2.45) is 0 Å². The third-order valence-electron chi connectivity index (χ3n) is 5.05. The van der Waals surface area contributed by atoms with E-state index < -0.39 is 0 Å². The van der Waals surface area contributed by atoms with Crippen LogP contribution in [0.3, 0.4) is 0 Å². The zero-order valence-corrected chi connectivity index (χ0v) is 15.7. The highest BCUT2D eigenvalue weighted by molar-refractivity contribution is 5.83. The highest BCUT2D eigenvalue weighted by Gasteiger charge is 2.30. The number of amides is 1. The number of ether oxygens (including phenoxy) is 1. The van der Waals surface area contributed by atoms with Crippen LogP contribution >= 0.6 is 0 Å². The van der Waals surface area contributed by atoms with Crippen LogP contribution in [0.25, 0.3) is 0 Å². The predicted molar refractivity (Wildman–Crippen MR) is 104 cm³/mol. The molecule has 0 aromatic heterocycles. The highest BCUT2D eigenvalue weighted by Crippen LogP contribution is 2.26. The van der Waals surface area contributed by atoms with E-state index in [-0.39, 0.29) is 11.9 Å². The number of benzene rings is 2. The number of hydrogen-bond acceptors (Lipinski definition) is 3. The van der Waals surface area contributed by atoms with Gasteiger partial charge >= 0.3 is 0 Å². The molecule has 1 aliphatic heterocycles. The molecule has 0 spiro atoms. The third-order valence-corrected chi connectivity index (χ3v) is 5.05. The molecule has 2 aromatic rings. The van der Waals surface area contributed by atoms with Crippen molar-refractivity contribution in [2.45, 2.75) is 31.8 Å². The monoisotopic (exact) mass is 352 g/mol. The van der Waals surface area contributed by atoms with Crippen LogP contribution in [-0.4, -0.2) is 43.0 Å². The van der Waals surface area contributed by atoms with Gasteiger partial charge in [0.1, 0.15) is 11.8 Å². The van der Waals surface area contributed by atoms with Gasteiger partial charge in [0, 0.05) is 19.6 Å². The molecule has 0 radical (unpaired) electrons. The lowest BCUT2D eigenvalue weighted by atomic mass is 10.0. The van der Waals surface area contributed by atoms with Crippen molar-refractivity contribution in [1.82, 2.24) is 9.80 Å². The van der Waals surface area contributed by atoms with Crippen LogP contribution in [0.15, 0.2) is 54.6 Å². The standard InChI is InChI=1S/C22H28N2O2/c1-23(17-18-11-13-20(26-2)14-12-18)21(19-9-5-3-6-10-19)22(25)24-15-7-4-8-16-24/h3,5-6,9-14,21H,4,7-8,15-17H2,1-2H3. The Kier molecular flexibility index (Phi) is 6.29. The van der Waals surface area contributed by atoms with Crippen LogP contribution in [0.5, 0.6) is 5.75 Å². The zero-order chi connectivity index (χ0) is 18.4. The average Bonchev–Trinajstić information content (AvgIpc) is 2.70. The third kappa shape index (κ3) is 4.44. The molecule has 2 aromatic carbocycles. The SMILES string of the molecule is COc1ccc(CN(C)C(C(=O)N2CCCCC2)c2ccccc2)cc1. The zero-order valence-electron chi connectivity index (χ0n) is 15.7. The molecular formula is C22H28N2O2. The number of hydrogen-bond donors (Lipinski definition) is 0. The second-order valence-corrected chi connectivity index (χ2v) is 6.96. The Labute approximate surface area is 156 Å². The Bertz CT molecular complexity index is 694.